The van der Waals surface area contributed by atoms with Crippen molar-refractivity contribution >= 4 is 16.8 Å². The van der Waals surface area contributed by atoms with Gasteiger partial charge in [-0.2, -0.15) is 0 Å². The van der Waals surface area contributed by atoms with Crippen molar-refractivity contribution in [2.24, 2.45) is 0 Å². The summed E-state index contributed by atoms with van der Waals surface area (Å²) in [4.78, 5) is 15.9. The number of benzene rings is 2. The number of rotatable bonds is 7. The maximum absolute atomic E-state index is 13.4. The van der Waals surface area contributed by atoms with Crippen molar-refractivity contribution in [3.8, 4) is 11.5 Å². The molecule has 148 valence electrons. The minimum Gasteiger partial charge on any atom is -0.493 e. The van der Waals surface area contributed by atoms with Crippen molar-refractivity contribution in [2.45, 2.75) is 25.7 Å². The lowest BCUT2D eigenvalue weighted by molar-refractivity contribution is -0.125. The molecule has 0 saturated carbocycles. The van der Waals surface area contributed by atoms with Gasteiger partial charge in [0.05, 0.1) is 19.6 Å². The number of carbonyl (C=O) groups excluding carboxylic acids is 1. The molecule has 1 heterocycles. The first-order chi connectivity index (χ1) is 13.4. The highest BCUT2D eigenvalue weighted by Gasteiger charge is 2.32. The molecule has 1 amide bonds. The molecule has 0 aliphatic carbocycles. The largest absolute Gasteiger partial charge is 0.493 e. The van der Waals surface area contributed by atoms with Crippen LogP contribution in [0, 0.1) is 5.82 Å². The molecule has 0 bridgehead atoms. The van der Waals surface area contributed by atoms with Gasteiger partial charge in [0, 0.05) is 23.6 Å². The molecule has 0 spiro atoms. The van der Waals surface area contributed by atoms with Gasteiger partial charge >= 0.3 is 0 Å². The normalized spacial score (nSPS) is 11.5. The fraction of sp³-hybridized carbons (Fsp3) is 0.318. The van der Waals surface area contributed by atoms with Gasteiger partial charge in [-0.1, -0.05) is 6.07 Å². The maximum atomic E-state index is 13.4. The molecule has 0 atom stereocenters. The number of H-pyrrole nitrogens is 1. The number of ether oxygens (including phenoxy) is 2. The first-order valence-electron chi connectivity index (χ1n) is 9.13. The predicted molar refractivity (Wildman–Crippen MR) is 108 cm³/mol. The second kappa shape index (κ2) is 7.92. The standard InChI is InChI=1S/C22H25FN2O3/c1-22(2,17-13-25-18-12-15(23)6-7-16(17)18)21(26)24-10-9-14-5-8-19(27-3)20(11-14)28-4/h5-8,11-13,25H,9-10H2,1-4H3,(H,24,26). The van der Waals surface area contributed by atoms with Gasteiger partial charge in [-0.25, -0.2) is 4.39 Å². The highest BCUT2D eigenvalue weighted by molar-refractivity contribution is 5.94. The van der Waals surface area contributed by atoms with Gasteiger partial charge in [0.15, 0.2) is 11.5 Å². The molecule has 3 aromatic rings. The maximum Gasteiger partial charge on any atom is 0.230 e. The van der Waals surface area contributed by atoms with Crippen LogP contribution < -0.4 is 14.8 Å². The fourth-order valence-electron chi connectivity index (χ4n) is 3.32. The number of aromatic nitrogens is 1. The Morgan fingerprint density at radius 2 is 1.86 bits per heavy atom. The zero-order chi connectivity index (χ0) is 20.3. The van der Waals surface area contributed by atoms with Crippen LogP contribution in [0.3, 0.4) is 0 Å². The van der Waals surface area contributed by atoms with Crippen LogP contribution in [-0.2, 0) is 16.6 Å². The Morgan fingerprint density at radius 1 is 1.11 bits per heavy atom. The summed E-state index contributed by atoms with van der Waals surface area (Å²) in [7, 11) is 3.19. The molecule has 3 rings (SSSR count). The summed E-state index contributed by atoms with van der Waals surface area (Å²) in [6, 6.07) is 10.3. The summed E-state index contributed by atoms with van der Waals surface area (Å²) in [5, 5.41) is 3.85. The molecule has 2 aromatic carbocycles. The van der Waals surface area contributed by atoms with E-state index in [1.165, 1.54) is 12.1 Å². The van der Waals surface area contributed by atoms with E-state index in [0.29, 0.717) is 30.0 Å². The quantitative estimate of drug-likeness (QED) is 0.648. The SMILES string of the molecule is COc1ccc(CCNC(=O)C(C)(C)c2c[nH]c3cc(F)ccc23)cc1OC. The Bertz CT molecular complexity index is 995. The lowest BCUT2D eigenvalue weighted by atomic mass is 9.83. The van der Waals surface area contributed by atoms with Crippen LogP contribution in [0.1, 0.15) is 25.0 Å². The predicted octanol–water partition coefficient (Wildman–Crippen LogP) is 3.96. The molecule has 0 unspecified atom stereocenters. The van der Waals surface area contributed by atoms with E-state index in [2.05, 4.69) is 10.3 Å². The van der Waals surface area contributed by atoms with Crippen molar-refractivity contribution in [1.29, 1.82) is 0 Å². The Balaban J connectivity index is 1.68. The van der Waals surface area contributed by atoms with Gasteiger partial charge in [0.2, 0.25) is 5.91 Å². The van der Waals surface area contributed by atoms with E-state index in [-0.39, 0.29) is 11.7 Å². The fourth-order valence-corrected chi connectivity index (χ4v) is 3.32. The number of methoxy groups -OCH3 is 2. The van der Waals surface area contributed by atoms with Crippen molar-refractivity contribution in [1.82, 2.24) is 10.3 Å². The average Bonchev–Trinajstić information content (AvgIpc) is 3.11. The van der Waals surface area contributed by atoms with E-state index >= 15 is 0 Å². The lowest BCUT2D eigenvalue weighted by Crippen LogP contribution is -2.40. The molecule has 5 nitrogen and oxygen atoms in total. The molecule has 2 N–H and O–H groups in total. The van der Waals surface area contributed by atoms with E-state index in [1.54, 1.807) is 26.5 Å². The monoisotopic (exact) mass is 384 g/mol. The lowest BCUT2D eigenvalue weighted by Gasteiger charge is -2.23. The first kappa shape index (κ1) is 19.7. The molecular formula is C22H25FN2O3. The van der Waals surface area contributed by atoms with Crippen LogP contribution in [0.25, 0.3) is 10.9 Å². The topological polar surface area (TPSA) is 63.3 Å². The number of aromatic amines is 1. The van der Waals surface area contributed by atoms with Crippen LogP contribution >= 0.6 is 0 Å². The second-order valence-corrected chi connectivity index (χ2v) is 7.21. The third-order valence-corrected chi connectivity index (χ3v) is 5.03. The van der Waals surface area contributed by atoms with E-state index < -0.39 is 5.41 Å². The van der Waals surface area contributed by atoms with Crippen LogP contribution in [0.5, 0.6) is 11.5 Å². The summed E-state index contributed by atoms with van der Waals surface area (Å²) in [5.74, 6) is 0.946. The van der Waals surface area contributed by atoms with Crippen molar-refractivity contribution in [3.05, 3.63) is 59.5 Å². The van der Waals surface area contributed by atoms with Crippen LogP contribution in [0.2, 0.25) is 0 Å². The van der Waals surface area contributed by atoms with Gasteiger partial charge in [0.1, 0.15) is 5.82 Å². The van der Waals surface area contributed by atoms with Crippen molar-refractivity contribution in [2.75, 3.05) is 20.8 Å². The molecule has 0 aliphatic rings. The van der Waals surface area contributed by atoms with Crippen molar-refractivity contribution in [3.63, 3.8) is 0 Å². The molecule has 1 aromatic heterocycles. The highest BCUT2D eigenvalue weighted by atomic mass is 19.1. The number of nitrogens with one attached hydrogen (secondary N) is 2. The minimum atomic E-state index is -0.756. The molecule has 0 radical (unpaired) electrons. The average molecular weight is 384 g/mol. The van der Waals surface area contributed by atoms with Gasteiger partial charge < -0.3 is 19.8 Å². The van der Waals surface area contributed by atoms with E-state index in [1.807, 2.05) is 32.0 Å². The third kappa shape index (κ3) is 3.81. The van der Waals surface area contributed by atoms with E-state index in [9.17, 15) is 9.18 Å². The van der Waals surface area contributed by atoms with Gasteiger partial charge in [0.25, 0.3) is 0 Å². The molecule has 6 heteroatoms. The van der Waals surface area contributed by atoms with Gasteiger partial charge in [-0.05, 0) is 61.7 Å². The van der Waals surface area contributed by atoms with E-state index in [0.717, 1.165) is 16.5 Å². The number of halogens is 1. The second-order valence-electron chi connectivity index (χ2n) is 7.21. The smallest absolute Gasteiger partial charge is 0.230 e. The Labute approximate surface area is 163 Å². The summed E-state index contributed by atoms with van der Waals surface area (Å²) in [5.41, 5.74) is 1.80. The summed E-state index contributed by atoms with van der Waals surface area (Å²) in [6.45, 7) is 4.23. The number of fused-ring (bicyclic) bond motifs is 1. The number of hydrogen-bond acceptors (Lipinski definition) is 3. The van der Waals surface area contributed by atoms with Gasteiger partial charge in [-0.15, -0.1) is 0 Å². The Hall–Kier alpha value is -3.02. The van der Waals surface area contributed by atoms with Crippen LogP contribution in [0.4, 0.5) is 4.39 Å². The third-order valence-electron chi connectivity index (χ3n) is 5.03. The molecule has 0 saturated heterocycles. The molecule has 0 aliphatic heterocycles. The highest BCUT2D eigenvalue weighted by Crippen LogP contribution is 2.31. The van der Waals surface area contributed by atoms with Crippen LogP contribution in [0.15, 0.2) is 42.6 Å². The first-order valence-corrected chi connectivity index (χ1v) is 9.13. The Kier molecular flexibility index (Phi) is 5.58. The summed E-state index contributed by atoms with van der Waals surface area (Å²) in [6.07, 6.45) is 2.44. The minimum absolute atomic E-state index is 0.0850. The van der Waals surface area contributed by atoms with Crippen molar-refractivity contribution < 1.29 is 18.7 Å². The zero-order valence-corrected chi connectivity index (χ0v) is 16.6. The number of carbonyl (C=O) groups is 1. The Morgan fingerprint density at radius 3 is 2.57 bits per heavy atom. The summed E-state index contributed by atoms with van der Waals surface area (Å²) >= 11 is 0. The molecule has 0 fully saturated rings. The summed E-state index contributed by atoms with van der Waals surface area (Å²) < 4.78 is 24.0. The van der Waals surface area contributed by atoms with Crippen LogP contribution in [-0.4, -0.2) is 31.7 Å². The number of hydrogen-bond donors (Lipinski definition) is 2. The van der Waals surface area contributed by atoms with Gasteiger partial charge in [-0.3, -0.25) is 4.79 Å². The zero-order valence-electron chi connectivity index (χ0n) is 16.6. The van der Waals surface area contributed by atoms with E-state index in [4.69, 9.17) is 9.47 Å². The molecule has 28 heavy (non-hydrogen) atoms. The number of amides is 1. The molecular weight excluding hydrogens is 359 g/mol.